The molecular formula is C19H25F2N5O4S. The standard InChI is InChI=1S/C19H25F2N5O4S/c1-13-10-15(30-19(20)21)4-5-16(13)23-18(27)12-25-6-8-26(9-7-25)31(28,29)17-11-22-24(3)14(17)2/h4-5,10-11,19H,6-9,12H2,1-3H3,(H,23,27). The van der Waals surface area contributed by atoms with Crippen molar-refractivity contribution < 1.29 is 26.7 Å². The zero-order chi connectivity index (χ0) is 22.8. The van der Waals surface area contributed by atoms with E-state index in [1.807, 2.05) is 4.90 Å². The van der Waals surface area contributed by atoms with Gasteiger partial charge in [0.05, 0.1) is 18.4 Å². The summed E-state index contributed by atoms with van der Waals surface area (Å²) in [5.74, 6) is -0.253. The van der Waals surface area contributed by atoms with Crippen LogP contribution in [0.1, 0.15) is 11.3 Å². The van der Waals surface area contributed by atoms with Gasteiger partial charge in [0.1, 0.15) is 10.6 Å². The smallest absolute Gasteiger partial charge is 0.387 e. The van der Waals surface area contributed by atoms with Crippen LogP contribution >= 0.6 is 0 Å². The number of sulfonamides is 1. The van der Waals surface area contributed by atoms with Crippen molar-refractivity contribution in [1.29, 1.82) is 0 Å². The third kappa shape index (κ3) is 5.38. The van der Waals surface area contributed by atoms with Crippen molar-refractivity contribution in [3.8, 4) is 5.75 Å². The minimum atomic E-state index is -3.63. The molecule has 0 aliphatic carbocycles. The highest BCUT2D eigenvalue weighted by atomic mass is 32.2. The van der Waals surface area contributed by atoms with Crippen molar-refractivity contribution in [2.45, 2.75) is 25.4 Å². The number of halogens is 2. The monoisotopic (exact) mass is 457 g/mol. The first-order valence-electron chi connectivity index (χ1n) is 9.64. The zero-order valence-electron chi connectivity index (χ0n) is 17.5. The molecule has 0 unspecified atom stereocenters. The molecule has 0 bridgehead atoms. The number of rotatable bonds is 7. The average Bonchev–Trinajstić information content (AvgIpc) is 3.03. The molecule has 3 rings (SSSR count). The van der Waals surface area contributed by atoms with Crippen LogP contribution in [-0.4, -0.2) is 72.6 Å². The van der Waals surface area contributed by atoms with Gasteiger partial charge in [0.15, 0.2) is 0 Å². The molecule has 9 nitrogen and oxygen atoms in total. The molecule has 12 heteroatoms. The van der Waals surface area contributed by atoms with Crippen LogP contribution in [0.2, 0.25) is 0 Å². The molecule has 1 aromatic heterocycles. The topological polar surface area (TPSA) is 96.8 Å². The quantitative estimate of drug-likeness (QED) is 0.678. The Labute approximate surface area is 179 Å². The van der Waals surface area contributed by atoms with Crippen molar-refractivity contribution >= 4 is 21.6 Å². The molecule has 1 aliphatic rings. The number of carbonyl (C=O) groups is 1. The molecule has 1 aromatic carbocycles. The van der Waals surface area contributed by atoms with Crippen LogP contribution in [0, 0.1) is 13.8 Å². The van der Waals surface area contributed by atoms with Crippen molar-refractivity contribution in [1.82, 2.24) is 19.0 Å². The normalized spacial score (nSPS) is 15.9. The number of nitrogens with zero attached hydrogens (tertiary/aromatic N) is 4. The number of hydrogen-bond donors (Lipinski definition) is 1. The molecule has 1 fully saturated rings. The fourth-order valence-corrected chi connectivity index (χ4v) is 4.95. The molecular weight excluding hydrogens is 432 g/mol. The van der Waals surface area contributed by atoms with Gasteiger partial charge in [-0.3, -0.25) is 14.4 Å². The lowest BCUT2D eigenvalue weighted by Gasteiger charge is -2.33. The minimum Gasteiger partial charge on any atom is -0.435 e. The maximum atomic E-state index is 12.8. The number of aromatic nitrogens is 2. The van der Waals surface area contributed by atoms with Crippen LogP contribution in [0.3, 0.4) is 0 Å². The summed E-state index contributed by atoms with van der Waals surface area (Å²) in [7, 11) is -1.95. The highest BCUT2D eigenvalue weighted by molar-refractivity contribution is 7.89. The van der Waals surface area contributed by atoms with Gasteiger partial charge in [-0.2, -0.15) is 18.2 Å². The van der Waals surface area contributed by atoms with E-state index in [1.54, 1.807) is 20.9 Å². The van der Waals surface area contributed by atoms with Crippen molar-refractivity contribution in [3.05, 3.63) is 35.7 Å². The number of alkyl halides is 2. The highest BCUT2D eigenvalue weighted by Crippen LogP contribution is 2.23. The van der Waals surface area contributed by atoms with E-state index in [4.69, 9.17) is 0 Å². The molecule has 1 aliphatic heterocycles. The Morgan fingerprint density at radius 3 is 2.45 bits per heavy atom. The van der Waals surface area contributed by atoms with Crippen LogP contribution < -0.4 is 10.1 Å². The van der Waals surface area contributed by atoms with Crippen LogP contribution in [0.5, 0.6) is 5.75 Å². The number of anilines is 1. The molecule has 31 heavy (non-hydrogen) atoms. The van der Waals surface area contributed by atoms with Crippen LogP contribution in [0.25, 0.3) is 0 Å². The van der Waals surface area contributed by atoms with E-state index in [0.29, 0.717) is 30.0 Å². The molecule has 0 saturated carbocycles. The van der Waals surface area contributed by atoms with Crippen LogP contribution in [0.4, 0.5) is 14.5 Å². The lowest BCUT2D eigenvalue weighted by Crippen LogP contribution is -2.50. The first kappa shape index (κ1) is 23.1. The van der Waals surface area contributed by atoms with Crippen molar-refractivity contribution in [2.75, 3.05) is 38.0 Å². The van der Waals surface area contributed by atoms with Gasteiger partial charge in [-0.1, -0.05) is 0 Å². The number of amides is 1. The van der Waals surface area contributed by atoms with Crippen LogP contribution in [-0.2, 0) is 21.9 Å². The van der Waals surface area contributed by atoms with E-state index >= 15 is 0 Å². The number of ether oxygens (including phenoxy) is 1. The summed E-state index contributed by atoms with van der Waals surface area (Å²) in [6.07, 6.45) is 1.35. The number of benzene rings is 1. The second-order valence-electron chi connectivity index (χ2n) is 7.30. The lowest BCUT2D eigenvalue weighted by molar-refractivity contribution is -0.117. The fourth-order valence-electron chi connectivity index (χ4n) is 3.34. The Hall–Kier alpha value is -2.57. The van der Waals surface area contributed by atoms with Gasteiger partial charge in [-0.25, -0.2) is 8.42 Å². The van der Waals surface area contributed by atoms with Gasteiger partial charge in [0.2, 0.25) is 15.9 Å². The maximum Gasteiger partial charge on any atom is 0.387 e. The Morgan fingerprint density at radius 1 is 1.23 bits per heavy atom. The summed E-state index contributed by atoms with van der Waals surface area (Å²) in [4.78, 5) is 14.4. The third-order valence-corrected chi connectivity index (χ3v) is 7.21. The summed E-state index contributed by atoms with van der Waals surface area (Å²) in [6.45, 7) is 1.91. The zero-order valence-corrected chi connectivity index (χ0v) is 18.3. The average molecular weight is 458 g/mol. The van der Waals surface area contributed by atoms with E-state index in [0.717, 1.165) is 0 Å². The summed E-state index contributed by atoms with van der Waals surface area (Å²) in [6, 6.07) is 4.29. The van der Waals surface area contributed by atoms with Gasteiger partial charge >= 0.3 is 6.61 Å². The first-order chi connectivity index (χ1) is 14.6. The molecule has 170 valence electrons. The molecule has 0 radical (unpaired) electrons. The predicted octanol–water partition coefficient (Wildman–Crippen LogP) is 1.58. The highest BCUT2D eigenvalue weighted by Gasteiger charge is 2.31. The van der Waals surface area contributed by atoms with Crippen LogP contribution in [0.15, 0.2) is 29.3 Å². The molecule has 0 atom stereocenters. The number of nitrogens with one attached hydrogen (secondary N) is 1. The first-order valence-corrected chi connectivity index (χ1v) is 11.1. The minimum absolute atomic E-state index is 0.0201. The van der Waals surface area contributed by atoms with Crippen molar-refractivity contribution in [2.24, 2.45) is 7.05 Å². The number of piperazine rings is 1. The van der Waals surface area contributed by atoms with E-state index in [-0.39, 0.29) is 36.2 Å². The SMILES string of the molecule is Cc1cc(OC(F)F)ccc1NC(=O)CN1CCN(S(=O)(=O)c2cnn(C)c2C)CC1. The molecule has 1 N–H and O–H groups in total. The molecule has 2 heterocycles. The number of hydrogen-bond acceptors (Lipinski definition) is 6. The second-order valence-corrected chi connectivity index (χ2v) is 9.21. The Bertz CT molecular complexity index is 1050. The third-order valence-electron chi connectivity index (χ3n) is 5.20. The van der Waals surface area contributed by atoms with E-state index in [1.165, 1.54) is 33.4 Å². The summed E-state index contributed by atoms with van der Waals surface area (Å²) >= 11 is 0. The predicted molar refractivity (Wildman–Crippen MR) is 110 cm³/mol. The van der Waals surface area contributed by atoms with Gasteiger partial charge in [-0.15, -0.1) is 0 Å². The molecule has 1 saturated heterocycles. The number of aryl methyl sites for hydroxylation is 2. The van der Waals surface area contributed by atoms with E-state index in [9.17, 15) is 22.0 Å². The van der Waals surface area contributed by atoms with E-state index in [2.05, 4.69) is 15.2 Å². The fraction of sp³-hybridized carbons (Fsp3) is 0.474. The van der Waals surface area contributed by atoms with E-state index < -0.39 is 16.6 Å². The molecule has 0 spiro atoms. The Kier molecular flexibility index (Phi) is 6.92. The van der Waals surface area contributed by atoms with Gasteiger partial charge in [-0.05, 0) is 37.6 Å². The second kappa shape index (κ2) is 9.28. The lowest BCUT2D eigenvalue weighted by atomic mass is 10.2. The maximum absolute atomic E-state index is 12.8. The summed E-state index contributed by atoms with van der Waals surface area (Å²) in [5, 5.41) is 6.75. The van der Waals surface area contributed by atoms with Gasteiger partial charge in [0, 0.05) is 38.9 Å². The largest absolute Gasteiger partial charge is 0.435 e. The summed E-state index contributed by atoms with van der Waals surface area (Å²) < 4.78 is 57.5. The molecule has 2 aromatic rings. The number of carbonyl (C=O) groups excluding carboxylic acids is 1. The van der Waals surface area contributed by atoms with Gasteiger partial charge < -0.3 is 10.1 Å². The Morgan fingerprint density at radius 2 is 1.90 bits per heavy atom. The molecule has 1 amide bonds. The van der Waals surface area contributed by atoms with Crippen molar-refractivity contribution in [3.63, 3.8) is 0 Å². The van der Waals surface area contributed by atoms with Gasteiger partial charge in [0.25, 0.3) is 0 Å². The summed E-state index contributed by atoms with van der Waals surface area (Å²) in [5.41, 5.74) is 1.66. The Balaban J connectivity index is 1.54.